The molecule has 2 aliphatic rings. The zero-order valence-electron chi connectivity index (χ0n) is 10.8. The molecule has 2 fully saturated rings. The summed E-state index contributed by atoms with van der Waals surface area (Å²) in [7, 11) is 0. The van der Waals surface area contributed by atoms with Gasteiger partial charge in [0.1, 0.15) is 5.75 Å². The van der Waals surface area contributed by atoms with Crippen molar-refractivity contribution in [1.29, 1.82) is 0 Å². The van der Waals surface area contributed by atoms with E-state index in [-0.39, 0.29) is 17.9 Å². The van der Waals surface area contributed by atoms with Crippen molar-refractivity contribution in [1.82, 2.24) is 5.32 Å². The fourth-order valence-corrected chi connectivity index (χ4v) is 2.97. The Bertz CT molecular complexity index is 478. The molecule has 1 aromatic carbocycles. The Morgan fingerprint density at radius 2 is 2.05 bits per heavy atom. The maximum absolute atomic E-state index is 12.3. The van der Waals surface area contributed by atoms with Crippen LogP contribution in [0.15, 0.2) is 24.3 Å². The smallest absolute Gasteiger partial charge is 0.405 e. The maximum atomic E-state index is 12.3. The zero-order valence-corrected chi connectivity index (χ0v) is 10.8. The van der Waals surface area contributed by atoms with Crippen molar-refractivity contribution >= 4 is 0 Å². The predicted molar refractivity (Wildman–Crippen MR) is 66.3 cm³/mol. The van der Waals surface area contributed by atoms with E-state index >= 15 is 0 Å². The molecule has 20 heavy (non-hydrogen) atoms. The van der Waals surface area contributed by atoms with Gasteiger partial charge in [-0.25, -0.2) is 0 Å². The highest BCUT2D eigenvalue weighted by Gasteiger charge is 2.40. The minimum Gasteiger partial charge on any atom is -0.405 e. The highest BCUT2D eigenvalue weighted by molar-refractivity contribution is 5.33. The van der Waals surface area contributed by atoms with E-state index in [9.17, 15) is 13.2 Å². The number of rotatable bonds is 4. The molecule has 2 aliphatic heterocycles. The van der Waals surface area contributed by atoms with E-state index in [2.05, 4.69) is 10.1 Å². The number of ether oxygens (including phenoxy) is 2. The predicted octanol–water partition coefficient (Wildman–Crippen LogP) is 2.99. The number of hydrogen-bond donors (Lipinski definition) is 1. The van der Waals surface area contributed by atoms with E-state index < -0.39 is 6.36 Å². The zero-order chi connectivity index (χ0) is 14.2. The Labute approximate surface area is 115 Å². The summed E-state index contributed by atoms with van der Waals surface area (Å²) < 4.78 is 46.7. The molecule has 6 heteroatoms. The van der Waals surface area contributed by atoms with E-state index in [1.165, 1.54) is 12.1 Å². The van der Waals surface area contributed by atoms with Crippen molar-refractivity contribution in [3.8, 4) is 5.75 Å². The van der Waals surface area contributed by atoms with E-state index in [4.69, 9.17) is 4.74 Å². The first kappa shape index (κ1) is 13.7. The lowest BCUT2D eigenvalue weighted by atomic mass is 9.95. The lowest BCUT2D eigenvalue weighted by molar-refractivity contribution is -0.274. The first-order chi connectivity index (χ1) is 9.51. The molecule has 0 spiro atoms. The number of benzene rings is 1. The van der Waals surface area contributed by atoms with Crippen LogP contribution in [-0.2, 0) is 11.3 Å². The molecule has 1 N–H and O–H groups in total. The summed E-state index contributed by atoms with van der Waals surface area (Å²) >= 11 is 0. The number of para-hydroxylation sites is 1. The number of hydrogen-bond acceptors (Lipinski definition) is 3. The monoisotopic (exact) mass is 287 g/mol. The summed E-state index contributed by atoms with van der Waals surface area (Å²) in [6, 6.07) is 6.44. The fraction of sp³-hybridized carbons (Fsp3) is 0.571. The largest absolute Gasteiger partial charge is 0.573 e. The van der Waals surface area contributed by atoms with Gasteiger partial charge in [0, 0.05) is 18.2 Å². The van der Waals surface area contributed by atoms with E-state index in [1.807, 2.05) is 0 Å². The summed E-state index contributed by atoms with van der Waals surface area (Å²) in [6.07, 6.45) is -1.08. The van der Waals surface area contributed by atoms with Crippen molar-refractivity contribution in [2.75, 3.05) is 0 Å². The number of alkyl halides is 3. The van der Waals surface area contributed by atoms with Crippen LogP contribution >= 0.6 is 0 Å². The summed E-state index contributed by atoms with van der Waals surface area (Å²) in [4.78, 5) is 0. The van der Waals surface area contributed by atoms with Gasteiger partial charge >= 0.3 is 6.36 Å². The van der Waals surface area contributed by atoms with Crippen LogP contribution in [0.2, 0.25) is 0 Å². The second-order valence-corrected chi connectivity index (χ2v) is 5.25. The third-order valence-electron chi connectivity index (χ3n) is 3.86. The minimum atomic E-state index is -4.66. The number of nitrogens with one attached hydrogen (secondary N) is 1. The Morgan fingerprint density at radius 1 is 1.25 bits per heavy atom. The Morgan fingerprint density at radius 3 is 2.70 bits per heavy atom. The molecule has 1 aromatic rings. The second kappa shape index (κ2) is 5.26. The third kappa shape index (κ3) is 3.07. The normalized spacial score (nSPS) is 28.9. The molecule has 3 rings (SSSR count). The van der Waals surface area contributed by atoms with Crippen molar-refractivity contribution in [2.45, 2.75) is 50.4 Å². The van der Waals surface area contributed by atoms with Gasteiger partial charge in [-0.2, -0.15) is 0 Å². The van der Waals surface area contributed by atoms with Gasteiger partial charge in [0.05, 0.1) is 12.2 Å². The van der Waals surface area contributed by atoms with Crippen LogP contribution in [0.1, 0.15) is 24.8 Å². The van der Waals surface area contributed by atoms with Crippen molar-refractivity contribution in [2.24, 2.45) is 0 Å². The molecule has 2 saturated heterocycles. The lowest BCUT2D eigenvalue weighted by Gasteiger charge is -2.21. The summed E-state index contributed by atoms with van der Waals surface area (Å²) in [5.74, 6) is -0.142. The molecule has 0 radical (unpaired) electrons. The molecule has 2 heterocycles. The van der Waals surface area contributed by atoms with Crippen LogP contribution in [0, 0.1) is 0 Å². The lowest BCUT2D eigenvalue weighted by Crippen LogP contribution is -2.37. The maximum Gasteiger partial charge on any atom is 0.573 e. The van der Waals surface area contributed by atoms with Crippen LogP contribution in [0.4, 0.5) is 13.2 Å². The molecule has 110 valence electrons. The fourth-order valence-electron chi connectivity index (χ4n) is 2.97. The molecule has 0 aliphatic carbocycles. The highest BCUT2D eigenvalue weighted by Crippen LogP contribution is 2.34. The topological polar surface area (TPSA) is 30.5 Å². The number of halogens is 3. The van der Waals surface area contributed by atoms with Gasteiger partial charge in [-0.15, -0.1) is 13.2 Å². The molecular formula is C14H16F3NO2. The van der Waals surface area contributed by atoms with Gasteiger partial charge in [0.15, 0.2) is 0 Å². The van der Waals surface area contributed by atoms with Crippen LogP contribution in [0.25, 0.3) is 0 Å². The van der Waals surface area contributed by atoms with Gasteiger partial charge in [0.25, 0.3) is 0 Å². The quantitative estimate of drug-likeness (QED) is 0.923. The first-order valence-electron chi connectivity index (χ1n) is 6.74. The Kier molecular flexibility index (Phi) is 3.60. The third-order valence-corrected chi connectivity index (χ3v) is 3.86. The van der Waals surface area contributed by atoms with Gasteiger partial charge < -0.3 is 14.8 Å². The van der Waals surface area contributed by atoms with Gasteiger partial charge in [-0.05, 0) is 25.3 Å². The second-order valence-electron chi connectivity index (χ2n) is 5.25. The summed E-state index contributed by atoms with van der Waals surface area (Å²) in [6.45, 7) is 0.351. The van der Waals surface area contributed by atoms with Crippen LogP contribution in [0.3, 0.4) is 0 Å². The molecule has 0 aromatic heterocycles. The van der Waals surface area contributed by atoms with E-state index in [0.717, 1.165) is 19.3 Å². The molecule has 0 saturated carbocycles. The van der Waals surface area contributed by atoms with E-state index in [1.54, 1.807) is 12.1 Å². The van der Waals surface area contributed by atoms with Gasteiger partial charge in [-0.1, -0.05) is 18.2 Å². The molecule has 3 nitrogen and oxygen atoms in total. The highest BCUT2D eigenvalue weighted by atomic mass is 19.4. The van der Waals surface area contributed by atoms with Crippen molar-refractivity contribution in [3.63, 3.8) is 0 Å². The minimum absolute atomic E-state index is 0.142. The first-order valence-corrected chi connectivity index (χ1v) is 6.74. The molecule has 0 amide bonds. The van der Waals surface area contributed by atoms with Crippen LogP contribution in [0.5, 0.6) is 5.75 Å². The molecule has 3 unspecified atom stereocenters. The molecule has 3 atom stereocenters. The average Bonchev–Trinajstić information content (AvgIpc) is 2.98. The van der Waals surface area contributed by atoms with Crippen molar-refractivity contribution < 1.29 is 22.6 Å². The van der Waals surface area contributed by atoms with Crippen LogP contribution < -0.4 is 10.1 Å². The standard InChI is InChI=1S/C14H16F3NO2/c15-14(16,17)20-12-4-2-1-3-9(12)8-18-11-7-10-5-6-13(11)19-10/h1-4,10-11,13,18H,5-8H2. The SMILES string of the molecule is FC(F)(F)Oc1ccccc1CNC1CC2CCC1O2. The van der Waals surface area contributed by atoms with Crippen molar-refractivity contribution in [3.05, 3.63) is 29.8 Å². The number of fused-ring (bicyclic) bond motifs is 2. The molecule has 2 bridgehead atoms. The Hall–Kier alpha value is -1.27. The van der Waals surface area contributed by atoms with Gasteiger partial charge in [-0.3, -0.25) is 0 Å². The Balaban J connectivity index is 1.62. The summed E-state index contributed by atoms with van der Waals surface area (Å²) in [5, 5.41) is 3.28. The van der Waals surface area contributed by atoms with Crippen LogP contribution in [-0.4, -0.2) is 24.6 Å². The van der Waals surface area contributed by atoms with E-state index in [0.29, 0.717) is 18.2 Å². The average molecular weight is 287 g/mol. The summed E-state index contributed by atoms with van der Waals surface area (Å²) in [5.41, 5.74) is 0.507. The molecular weight excluding hydrogens is 271 g/mol. The van der Waals surface area contributed by atoms with Gasteiger partial charge in [0.2, 0.25) is 0 Å².